The van der Waals surface area contributed by atoms with E-state index in [2.05, 4.69) is 4.98 Å². The minimum atomic E-state index is -0.305. The highest BCUT2D eigenvalue weighted by atomic mass is 16.5. The summed E-state index contributed by atoms with van der Waals surface area (Å²) in [6.45, 7) is 2.18. The van der Waals surface area contributed by atoms with Gasteiger partial charge in [-0.1, -0.05) is 0 Å². The largest absolute Gasteiger partial charge is 0.464 e. The molecule has 0 aliphatic carbocycles. The molecule has 0 amide bonds. The summed E-state index contributed by atoms with van der Waals surface area (Å²) >= 11 is 0. The Kier molecular flexibility index (Phi) is 3.03. The molecule has 0 aliphatic rings. The van der Waals surface area contributed by atoms with Gasteiger partial charge in [-0.2, -0.15) is 5.26 Å². The summed E-state index contributed by atoms with van der Waals surface area (Å²) in [5, 5.41) is 8.45. The van der Waals surface area contributed by atoms with Gasteiger partial charge in [0.2, 0.25) is 0 Å². The maximum atomic E-state index is 10.4. The van der Waals surface area contributed by atoms with Gasteiger partial charge >= 0.3 is 5.97 Å². The number of hydrogen-bond acceptors (Lipinski definition) is 4. The highest BCUT2D eigenvalue weighted by molar-refractivity contribution is 5.65. The van der Waals surface area contributed by atoms with Crippen LogP contribution in [0.2, 0.25) is 0 Å². The van der Waals surface area contributed by atoms with Crippen molar-refractivity contribution in [1.29, 1.82) is 5.26 Å². The van der Waals surface area contributed by atoms with Crippen LogP contribution >= 0.6 is 0 Å². The lowest BCUT2D eigenvalue weighted by Crippen LogP contribution is -2.07. The Hall–Kier alpha value is -1.83. The van der Waals surface area contributed by atoms with Gasteiger partial charge in [-0.05, 0) is 0 Å². The SMILES string of the molecule is CC(=O)OCCn1cnc(C#N)c1. The van der Waals surface area contributed by atoms with E-state index in [4.69, 9.17) is 10.00 Å². The Morgan fingerprint density at radius 1 is 1.85 bits per heavy atom. The molecule has 5 heteroatoms. The van der Waals surface area contributed by atoms with Gasteiger partial charge in [0.15, 0.2) is 5.69 Å². The van der Waals surface area contributed by atoms with Gasteiger partial charge in [0.05, 0.1) is 12.9 Å². The Morgan fingerprint density at radius 3 is 3.15 bits per heavy atom. The van der Waals surface area contributed by atoms with Crippen LogP contribution in [0.4, 0.5) is 0 Å². The van der Waals surface area contributed by atoms with Gasteiger partial charge in [0, 0.05) is 13.1 Å². The quantitative estimate of drug-likeness (QED) is 0.626. The summed E-state index contributed by atoms with van der Waals surface area (Å²) in [5.41, 5.74) is 0.364. The first-order valence-corrected chi connectivity index (χ1v) is 3.77. The van der Waals surface area contributed by atoms with E-state index in [1.54, 1.807) is 10.8 Å². The second-order valence-corrected chi connectivity index (χ2v) is 2.45. The molecule has 0 aliphatic heterocycles. The summed E-state index contributed by atoms with van der Waals surface area (Å²) in [5.74, 6) is -0.305. The molecule has 1 aromatic heterocycles. The van der Waals surface area contributed by atoms with Crippen LogP contribution in [0.15, 0.2) is 12.5 Å². The highest BCUT2D eigenvalue weighted by Gasteiger charge is 1.97. The molecule has 0 unspecified atom stereocenters. The van der Waals surface area contributed by atoms with Crippen molar-refractivity contribution in [2.24, 2.45) is 0 Å². The molecular formula is C8H9N3O2. The first kappa shape index (κ1) is 9.26. The van der Waals surface area contributed by atoms with Crippen LogP contribution < -0.4 is 0 Å². The molecule has 0 fully saturated rings. The second kappa shape index (κ2) is 4.26. The Morgan fingerprint density at radius 2 is 2.62 bits per heavy atom. The van der Waals surface area contributed by atoms with E-state index in [0.717, 1.165) is 0 Å². The van der Waals surface area contributed by atoms with Crippen molar-refractivity contribution in [3.05, 3.63) is 18.2 Å². The predicted octanol–water partition coefficient (Wildman–Crippen LogP) is 0.318. The fraction of sp³-hybridized carbons (Fsp3) is 0.375. The number of carbonyl (C=O) groups is 1. The standard InChI is InChI=1S/C8H9N3O2/c1-7(12)13-3-2-11-5-8(4-9)10-6-11/h5-6H,2-3H2,1H3. The van der Waals surface area contributed by atoms with Gasteiger partial charge < -0.3 is 9.30 Å². The van der Waals surface area contributed by atoms with Crippen molar-refractivity contribution in [1.82, 2.24) is 9.55 Å². The third-order valence-electron chi connectivity index (χ3n) is 1.40. The van der Waals surface area contributed by atoms with Gasteiger partial charge in [0.1, 0.15) is 12.7 Å². The predicted molar refractivity (Wildman–Crippen MR) is 43.6 cm³/mol. The smallest absolute Gasteiger partial charge is 0.302 e. The molecule has 1 rings (SSSR count). The summed E-state index contributed by atoms with van der Waals surface area (Å²) in [7, 11) is 0. The van der Waals surface area contributed by atoms with Crippen molar-refractivity contribution in [3.63, 3.8) is 0 Å². The number of hydrogen-bond donors (Lipinski definition) is 0. The monoisotopic (exact) mass is 179 g/mol. The minimum Gasteiger partial charge on any atom is -0.464 e. The number of carbonyl (C=O) groups excluding carboxylic acids is 1. The molecule has 0 saturated heterocycles. The topological polar surface area (TPSA) is 67.9 Å². The van der Waals surface area contributed by atoms with Gasteiger partial charge in [-0.3, -0.25) is 4.79 Å². The van der Waals surface area contributed by atoms with Crippen LogP contribution in [-0.4, -0.2) is 22.1 Å². The summed E-state index contributed by atoms with van der Waals surface area (Å²) in [6.07, 6.45) is 3.13. The van der Waals surface area contributed by atoms with Crippen molar-refractivity contribution >= 4 is 5.97 Å². The number of ether oxygens (including phenoxy) is 1. The second-order valence-electron chi connectivity index (χ2n) is 2.45. The number of imidazole rings is 1. The highest BCUT2D eigenvalue weighted by Crippen LogP contribution is 1.93. The fourth-order valence-corrected chi connectivity index (χ4v) is 0.835. The Balaban J connectivity index is 2.38. The molecule has 0 saturated carbocycles. The molecule has 5 nitrogen and oxygen atoms in total. The van der Waals surface area contributed by atoms with Gasteiger partial charge in [0.25, 0.3) is 0 Å². The normalized spacial score (nSPS) is 9.23. The van der Waals surface area contributed by atoms with E-state index in [9.17, 15) is 4.79 Å². The Bertz CT molecular complexity index is 337. The average molecular weight is 179 g/mol. The third kappa shape index (κ3) is 2.95. The Labute approximate surface area is 75.6 Å². The average Bonchev–Trinajstić information content (AvgIpc) is 2.52. The van der Waals surface area contributed by atoms with Crippen LogP contribution in [0.3, 0.4) is 0 Å². The molecule has 0 atom stereocenters. The maximum Gasteiger partial charge on any atom is 0.302 e. The molecule has 0 radical (unpaired) electrons. The van der Waals surface area contributed by atoms with Gasteiger partial charge in [-0.25, -0.2) is 4.98 Å². The number of esters is 1. The van der Waals surface area contributed by atoms with Crippen LogP contribution in [0.1, 0.15) is 12.6 Å². The van der Waals surface area contributed by atoms with Crippen LogP contribution in [-0.2, 0) is 16.1 Å². The van der Waals surface area contributed by atoms with E-state index in [0.29, 0.717) is 18.8 Å². The molecule has 0 bridgehead atoms. The number of rotatable bonds is 3. The number of nitrogens with zero attached hydrogens (tertiary/aromatic N) is 3. The first-order chi connectivity index (χ1) is 6.22. The zero-order valence-corrected chi connectivity index (χ0v) is 7.23. The zero-order valence-electron chi connectivity index (χ0n) is 7.23. The third-order valence-corrected chi connectivity index (χ3v) is 1.40. The van der Waals surface area contributed by atoms with E-state index < -0.39 is 0 Å². The van der Waals surface area contributed by atoms with E-state index in [-0.39, 0.29) is 5.97 Å². The summed E-state index contributed by atoms with van der Waals surface area (Å²) in [4.78, 5) is 14.2. The van der Waals surface area contributed by atoms with Gasteiger partial charge in [-0.15, -0.1) is 0 Å². The maximum absolute atomic E-state index is 10.4. The lowest BCUT2D eigenvalue weighted by atomic mass is 10.5. The minimum absolute atomic E-state index is 0.302. The van der Waals surface area contributed by atoms with Crippen LogP contribution in [0.5, 0.6) is 0 Å². The first-order valence-electron chi connectivity index (χ1n) is 3.77. The molecule has 0 aromatic carbocycles. The van der Waals surface area contributed by atoms with Crippen molar-refractivity contribution in [2.75, 3.05) is 6.61 Å². The molecule has 0 spiro atoms. The molecule has 68 valence electrons. The molecule has 0 N–H and O–H groups in total. The summed E-state index contributed by atoms with van der Waals surface area (Å²) < 4.78 is 6.41. The van der Waals surface area contributed by atoms with E-state index >= 15 is 0 Å². The van der Waals surface area contributed by atoms with Crippen molar-refractivity contribution < 1.29 is 9.53 Å². The van der Waals surface area contributed by atoms with E-state index in [1.807, 2.05) is 6.07 Å². The summed E-state index contributed by atoms with van der Waals surface area (Å²) in [6, 6.07) is 1.91. The molecule has 1 aromatic rings. The number of aromatic nitrogens is 2. The molecular weight excluding hydrogens is 170 g/mol. The van der Waals surface area contributed by atoms with Crippen LogP contribution in [0, 0.1) is 11.3 Å². The van der Waals surface area contributed by atoms with Crippen LogP contribution in [0.25, 0.3) is 0 Å². The van der Waals surface area contributed by atoms with E-state index in [1.165, 1.54) is 13.3 Å². The fourth-order valence-electron chi connectivity index (χ4n) is 0.835. The molecule has 13 heavy (non-hydrogen) atoms. The molecule has 1 heterocycles. The number of nitriles is 1. The zero-order chi connectivity index (χ0) is 9.68. The van der Waals surface area contributed by atoms with Crippen molar-refractivity contribution in [3.8, 4) is 6.07 Å². The van der Waals surface area contributed by atoms with Crippen molar-refractivity contribution in [2.45, 2.75) is 13.5 Å². The lowest BCUT2D eigenvalue weighted by molar-refractivity contribution is -0.141. The lowest BCUT2D eigenvalue weighted by Gasteiger charge is -2.01.